The summed E-state index contributed by atoms with van der Waals surface area (Å²) in [6.07, 6.45) is 3.07. The zero-order chi connectivity index (χ0) is 12.1. The molecule has 5 N–H and O–H groups in total. The summed E-state index contributed by atoms with van der Waals surface area (Å²) in [7, 11) is 1.50. The molecule has 0 spiro atoms. The van der Waals surface area contributed by atoms with E-state index in [-0.39, 0.29) is 0 Å². The molecular formula is C10H22N2O2. The van der Waals surface area contributed by atoms with Gasteiger partial charge in [0.25, 0.3) is 0 Å². The SMILES string of the molecule is C=C/C(=C\C)C(N)C(=O)O.CC.CN. The second-order valence-electron chi connectivity index (χ2n) is 1.81. The van der Waals surface area contributed by atoms with Gasteiger partial charge in [-0.1, -0.05) is 32.6 Å². The van der Waals surface area contributed by atoms with Crippen molar-refractivity contribution >= 4 is 5.97 Å². The Balaban J connectivity index is -0.000000266. The molecule has 0 fully saturated rings. The van der Waals surface area contributed by atoms with E-state index in [1.807, 2.05) is 13.8 Å². The van der Waals surface area contributed by atoms with Gasteiger partial charge in [-0.3, -0.25) is 4.79 Å². The lowest BCUT2D eigenvalue weighted by molar-refractivity contribution is -0.137. The Morgan fingerprint density at radius 3 is 1.86 bits per heavy atom. The molecule has 0 saturated heterocycles. The molecule has 0 rings (SSSR count). The van der Waals surface area contributed by atoms with Crippen molar-refractivity contribution in [3.63, 3.8) is 0 Å². The third-order valence-electron chi connectivity index (χ3n) is 1.19. The molecule has 0 aliphatic heterocycles. The first-order valence-electron chi connectivity index (χ1n) is 4.48. The first-order chi connectivity index (χ1) is 6.63. The van der Waals surface area contributed by atoms with Crippen LogP contribution in [0.1, 0.15) is 20.8 Å². The standard InChI is InChI=1S/C7H11NO2.C2H6.CH5N/c1-3-5(4-2)6(8)7(9)10;2*1-2/h3-4,6H,1,8H2,2H3,(H,9,10);1-2H3;2H2,1H3/b5-4+;;. The smallest absolute Gasteiger partial charge is 0.325 e. The number of nitrogens with two attached hydrogens (primary N) is 2. The number of carboxylic acid groups (broad SMARTS) is 1. The summed E-state index contributed by atoms with van der Waals surface area (Å²) in [6, 6.07) is -0.942. The molecule has 4 nitrogen and oxygen atoms in total. The minimum absolute atomic E-state index is 0.535. The summed E-state index contributed by atoms with van der Waals surface area (Å²) in [5.74, 6) is -1.03. The molecular weight excluding hydrogens is 180 g/mol. The average Bonchev–Trinajstić information content (AvgIpc) is 2.25. The second-order valence-corrected chi connectivity index (χ2v) is 1.81. The van der Waals surface area contributed by atoms with E-state index in [2.05, 4.69) is 12.3 Å². The van der Waals surface area contributed by atoms with Crippen LogP contribution < -0.4 is 11.5 Å². The fraction of sp³-hybridized carbons (Fsp3) is 0.500. The summed E-state index contributed by atoms with van der Waals surface area (Å²) < 4.78 is 0. The van der Waals surface area contributed by atoms with Gasteiger partial charge in [-0.15, -0.1) is 0 Å². The lowest BCUT2D eigenvalue weighted by Crippen LogP contribution is -2.31. The molecule has 1 atom stereocenters. The van der Waals surface area contributed by atoms with Crippen LogP contribution in [0.25, 0.3) is 0 Å². The molecule has 0 bridgehead atoms. The van der Waals surface area contributed by atoms with Crippen LogP contribution in [-0.4, -0.2) is 24.2 Å². The topological polar surface area (TPSA) is 89.3 Å². The molecule has 0 aliphatic carbocycles. The van der Waals surface area contributed by atoms with Crippen molar-refractivity contribution < 1.29 is 9.90 Å². The molecule has 0 aromatic rings. The van der Waals surface area contributed by atoms with Gasteiger partial charge in [0.15, 0.2) is 0 Å². The van der Waals surface area contributed by atoms with E-state index in [0.29, 0.717) is 5.57 Å². The van der Waals surface area contributed by atoms with E-state index in [1.54, 1.807) is 13.0 Å². The van der Waals surface area contributed by atoms with Crippen molar-refractivity contribution in [2.45, 2.75) is 26.8 Å². The van der Waals surface area contributed by atoms with Crippen LogP contribution in [0.3, 0.4) is 0 Å². The molecule has 0 aromatic heterocycles. The lowest BCUT2D eigenvalue weighted by atomic mass is 10.1. The Labute approximate surface area is 86.3 Å². The first kappa shape index (κ1) is 18.6. The zero-order valence-electron chi connectivity index (χ0n) is 9.45. The van der Waals surface area contributed by atoms with Crippen LogP contribution in [-0.2, 0) is 4.79 Å². The predicted molar refractivity (Wildman–Crippen MR) is 61.0 cm³/mol. The highest BCUT2D eigenvalue weighted by atomic mass is 16.4. The fourth-order valence-corrected chi connectivity index (χ4v) is 0.567. The molecule has 1 unspecified atom stereocenters. The van der Waals surface area contributed by atoms with Gasteiger partial charge in [0, 0.05) is 0 Å². The summed E-state index contributed by atoms with van der Waals surface area (Å²) >= 11 is 0. The number of aliphatic carboxylic acids is 1. The maximum atomic E-state index is 10.2. The first-order valence-corrected chi connectivity index (χ1v) is 4.48. The van der Waals surface area contributed by atoms with Crippen LogP contribution in [0.5, 0.6) is 0 Å². The Morgan fingerprint density at radius 1 is 1.43 bits per heavy atom. The van der Waals surface area contributed by atoms with Gasteiger partial charge in [-0.05, 0) is 19.5 Å². The third-order valence-corrected chi connectivity index (χ3v) is 1.19. The van der Waals surface area contributed by atoms with E-state index in [4.69, 9.17) is 10.8 Å². The monoisotopic (exact) mass is 202 g/mol. The van der Waals surface area contributed by atoms with E-state index in [9.17, 15) is 4.79 Å². The predicted octanol–water partition coefficient (Wildman–Crippen LogP) is 1.13. The maximum absolute atomic E-state index is 10.2. The summed E-state index contributed by atoms with van der Waals surface area (Å²) in [5, 5.41) is 8.40. The minimum atomic E-state index is -1.03. The van der Waals surface area contributed by atoms with Crippen LogP contribution in [0.15, 0.2) is 24.3 Å². The quantitative estimate of drug-likeness (QED) is 0.598. The number of hydrogen-bond acceptors (Lipinski definition) is 3. The maximum Gasteiger partial charge on any atom is 0.325 e. The Bertz CT molecular complexity index is 177. The molecule has 0 aliphatic rings. The highest BCUT2D eigenvalue weighted by Gasteiger charge is 2.12. The van der Waals surface area contributed by atoms with Crippen molar-refractivity contribution in [3.05, 3.63) is 24.3 Å². The largest absolute Gasteiger partial charge is 0.480 e. The molecule has 14 heavy (non-hydrogen) atoms. The zero-order valence-corrected chi connectivity index (χ0v) is 9.45. The molecule has 0 amide bonds. The van der Waals surface area contributed by atoms with Gasteiger partial charge in [0.1, 0.15) is 6.04 Å². The molecule has 0 saturated carbocycles. The van der Waals surface area contributed by atoms with E-state index < -0.39 is 12.0 Å². The van der Waals surface area contributed by atoms with Gasteiger partial charge >= 0.3 is 5.97 Å². The second kappa shape index (κ2) is 14.4. The van der Waals surface area contributed by atoms with Crippen LogP contribution in [0.2, 0.25) is 0 Å². The Hall–Kier alpha value is -1.13. The summed E-state index contributed by atoms with van der Waals surface area (Å²) in [6.45, 7) is 9.15. The highest BCUT2D eigenvalue weighted by Crippen LogP contribution is 1.99. The Morgan fingerprint density at radius 2 is 1.79 bits per heavy atom. The number of hydrogen-bond donors (Lipinski definition) is 3. The molecule has 0 aromatic carbocycles. The van der Waals surface area contributed by atoms with Gasteiger partial charge in [-0.2, -0.15) is 0 Å². The van der Waals surface area contributed by atoms with E-state index >= 15 is 0 Å². The average molecular weight is 202 g/mol. The molecule has 4 heteroatoms. The number of carbonyl (C=O) groups is 1. The van der Waals surface area contributed by atoms with Crippen molar-refractivity contribution in [3.8, 4) is 0 Å². The normalized spacial score (nSPS) is 11.1. The molecule has 84 valence electrons. The van der Waals surface area contributed by atoms with Gasteiger partial charge < -0.3 is 16.6 Å². The van der Waals surface area contributed by atoms with Crippen LogP contribution >= 0.6 is 0 Å². The van der Waals surface area contributed by atoms with Crippen LogP contribution in [0.4, 0.5) is 0 Å². The molecule has 0 radical (unpaired) electrons. The number of carboxylic acids is 1. The fourth-order valence-electron chi connectivity index (χ4n) is 0.567. The van der Waals surface area contributed by atoms with Crippen molar-refractivity contribution in [1.29, 1.82) is 0 Å². The number of allylic oxidation sites excluding steroid dienone is 1. The van der Waals surface area contributed by atoms with Crippen molar-refractivity contribution in [2.24, 2.45) is 11.5 Å². The van der Waals surface area contributed by atoms with Crippen molar-refractivity contribution in [1.82, 2.24) is 0 Å². The van der Waals surface area contributed by atoms with Crippen molar-refractivity contribution in [2.75, 3.05) is 7.05 Å². The van der Waals surface area contributed by atoms with Gasteiger partial charge in [0.2, 0.25) is 0 Å². The van der Waals surface area contributed by atoms with Crippen LogP contribution in [0, 0.1) is 0 Å². The van der Waals surface area contributed by atoms with Gasteiger partial charge in [0.05, 0.1) is 0 Å². The highest BCUT2D eigenvalue weighted by molar-refractivity contribution is 5.77. The Kier molecular flexibility index (Phi) is 19.1. The summed E-state index contributed by atoms with van der Waals surface area (Å²) in [5.41, 5.74) is 10.3. The number of rotatable bonds is 3. The third kappa shape index (κ3) is 8.96. The van der Waals surface area contributed by atoms with Gasteiger partial charge in [-0.25, -0.2) is 0 Å². The van der Waals surface area contributed by atoms with E-state index in [1.165, 1.54) is 13.1 Å². The lowest BCUT2D eigenvalue weighted by Gasteiger charge is -2.04. The minimum Gasteiger partial charge on any atom is -0.480 e. The summed E-state index contributed by atoms with van der Waals surface area (Å²) in [4.78, 5) is 10.2. The molecule has 0 heterocycles. The van der Waals surface area contributed by atoms with E-state index in [0.717, 1.165) is 0 Å².